The predicted molar refractivity (Wildman–Crippen MR) is 97.8 cm³/mol. The molecule has 0 saturated carbocycles. The summed E-state index contributed by atoms with van der Waals surface area (Å²) in [4.78, 5) is 2.48. The van der Waals surface area contributed by atoms with Crippen LogP contribution in [-0.2, 0) is 13.0 Å². The summed E-state index contributed by atoms with van der Waals surface area (Å²) in [5.74, 6) is -1.60. The van der Waals surface area contributed by atoms with Crippen molar-refractivity contribution in [1.29, 1.82) is 0 Å². The quantitative estimate of drug-likeness (QED) is 0.878. The van der Waals surface area contributed by atoms with E-state index in [4.69, 9.17) is 0 Å². The van der Waals surface area contributed by atoms with Crippen molar-refractivity contribution in [3.63, 3.8) is 0 Å². The van der Waals surface area contributed by atoms with Crippen LogP contribution in [0.1, 0.15) is 42.4 Å². The third-order valence-electron chi connectivity index (χ3n) is 6.09. The Kier molecular flexibility index (Phi) is 4.57. The number of nitrogens with zero attached hydrogens (tertiary/aromatic N) is 1. The van der Waals surface area contributed by atoms with Gasteiger partial charge in [-0.05, 0) is 49.3 Å². The molecule has 2 aliphatic rings. The van der Waals surface area contributed by atoms with Gasteiger partial charge in [-0.25, -0.2) is 8.78 Å². The van der Waals surface area contributed by atoms with Crippen LogP contribution in [0.15, 0.2) is 42.5 Å². The van der Waals surface area contributed by atoms with Crippen molar-refractivity contribution in [3.05, 3.63) is 70.8 Å². The van der Waals surface area contributed by atoms with E-state index in [-0.39, 0.29) is 12.0 Å². The Bertz CT molecular complexity index is 778. The van der Waals surface area contributed by atoms with Crippen LogP contribution in [0.2, 0.25) is 0 Å². The molecule has 1 N–H and O–H groups in total. The number of hydrogen-bond acceptors (Lipinski definition) is 2. The van der Waals surface area contributed by atoms with Crippen molar-refractivity contribution in [1.82, 2.24) is 4.90 Å². The number of fused-ring (bicyclic) bond motifs is 2. The van der Waals surface area contributed by atoms with Crippen LogP contribution in [0.3, 0.4) is 0 Å². The Hall–Kier alpha value is -1.78. The molecule has 2 bridgehead atoms. The minimum absolute atomic E-state index is 0.183. The first kappa shape index (κ1) is 17.6. The Balaban J connectivity index is 1.50. The molecule has 26 heavy (non-hydrogen) atoms. The van der Waals surface area contributed by atoms with E-state index in [2.05, 4.69) is 17.0 Å². The summed E-state index contributed by atoms with van der Waals surface area (Å²) in [7, 11) is 0. The number of piperidine rings is 1. The van der Waals surface area contributed by atoms with Gasteiger partial charge in [0, 0.05) is 25.0 Å². The van der Waals surface area contributed by atoms with Crippen LogP contribution in [0.25, 0.3) is 0 Å². The van der Waals surface area contributed by atoms with E-state index in [0.29, 0.717) is 30.5 Å². The molecule has 2 unspecified atom stereocenters. The van der Waals surface area contributed by atoms with Gasteiger partial charge in [0.15, 0.2) is 11.6 Å². The van der Waals surface area contributed by atoms with E-state index in [1.807, 2.05) is 18.2 Å². The lowest BCUT2D eigenvalue weighted by molar-refractivity contribution is -0.0545. The highest BCUT2D eigenvalue weighted by molar-refractivity contribution is 5.27. The van der Waals surface area contributed by atoms with Gasteiger partial charge in [0.05, 0.1) is 5.60 Å². The van der Waals surface area contributed by atoms with Gasteiger partial charge in [0.1, 0.15) is 0 Å². The zero-order chi connectivity index (χ0) is 18.3. The van der Waals surface area contributed by atoms with Gasteiger partial charge in [-0.3, -0.25) is 4.90 Å². The molecule has 2 heterocycles. The smallest absolute Gasteiger partial charge is 0.162 e. The minimum Gasteiger partial charge on any atom is -0.389 e. The molecule has 2 aromatic carbocycles. The third kappa shape index (κ3) is 3.28. The lowest BCUT2D eigenvalue weighted by atomic mass is 9.81. The summed E-state index contributed by atoms with van der Waals surface area (Å²) in [6.07, 6.45) is 3.54. The molecule has 0 radical (unpaired) electrons. The zero-order valence-electron chi connectivity index (χ0n) is 15.1. The fourth-order valence-electron chi connectivity index (χ4n) is 4.79. The highest BCUT2D eigenvalue weighted by Gasteiger charge is 2.47. The van der Waals surface area contributed by atoms with Gasteiger partial charge in [-0.1, -0.05) is 42.5 Å². The molecule has 138 valence electrons. The van der Waals surface area contributed by atoms with Crippen molar-refractivity contribution >= 4 is 0 Å². The molecule has 4 rings (SSSR count). The van der Waals surface area contributed by atoms with Crippen molar-refractivity contribution in [2.24, 2.45) is 0 Å². The maximum Gasteiger partial charge on any atom is 0.162 e. The Labute approximate surface area is 153 Å². The van der Waals surface area contributed by atoms with Gasteiger partial charge in [0.2, 0.25) is 0 Å². The average Bonchev–Trinajstić information content (AvgIpc) is 2.87. The molecule has 2 atom stereocenters. The van der Waals surface area contributed by atoms with Crippen molar-refractivity contribution in [2.75, 3.05) is 0 Å². The molecule has 0 amide bonds. The van der Waals surface area contributed by atoms with Gasteiger partial charge in [-0.15, -0.1) is 0 Å². The van der Waals surface area contributed by atoms with Crippen molar-refractivity contribution in [3.8, 4) is 0 Å². The van der Waals surface area contributed by atoms with Gasteiger partial charge < -0.3 is 5.11 Å². The SMILES string of the molecule is Cc1ccc(CC2(O)CC3CCC(C2)N3Cc2ccccc2)c(F)c1F. The minimum atomic E-state index is -0.957. The highest BCUT2D eigenvalue weighted by Crippen LogP contribution is 2.43. The molecule has 4 heteroatoms. The molecule has 0 aliphatic carbocycles. The van der Waals surface area contributed by atoms with E-state index in [9.17, 15) is 13.9 Å². The number of rotatable bonds is 4. The van der Waals surface area contributed by atoms with Crippen LogP contribution >= 0.6 is 0 Å². The van der Waals surface area contributed by atoms with Gasteiger partial charge in [-0.2, -0.15) is 0 Å². The van der Waals surface area contributed by atoms with Crippen LogP contribution in [-0.4, -0.2) is 27.7 Å². The normalized spacial score (nSPS) is 28.5. The lowest BCUT2D eigenvalue weighted by Crippen LogP contribution is -2.51. The van der Waals surface area contributed by atoms with E-state index in [1.165, 1.54) is 5.56 Å². The standard InChI is InChI=1S/C22H25F2NO/c1-15-7-8-17(21(24)20(15)23)11-22(26)12-18-9-10-19(13-22)25(18)14-16-5-3-2-4-6-16/h2-8,18-19,26H,9-14H2,1H3. The number of aryl methyl sites for hydroxylation is 1. The van der Waals surface area contributed by atoms with E-state index in [1.54, 1.807) is 19.1 Å². The fourth-order valence-corrected chi connectivity index (χ4v) is 4.79. The van der Waals surface area contributed by atoms with Crippen LogP contribution in [0.4, 0.5) is 8.78 Å². The molecule has 2 nitrogen and oxygen atoms in total. The lowest BCUT2D eigenvalue weighted by Gasteiger charge is -2.44. The van der Waals surface area contributed by atoms with Gasteiger partial charge in [0.25, 0.3) is 0 Å². The Morgan fingerprint density at radius 3 is 2.31 bits per heavy atom. The molecule has 2 saturated heterocycles. The molecule has 0 aromatic heterocycles. The third-order valence-corrected chi connectivity index (χ3v) is 6.09. The fraction of sp³-hybridized carbons (Fsp3) is 0.455. The molecule has 2 fully saturated rings. The number of hydrogen-bond donors (Lipinski definition) is 1. The number of halogens is 2. The highest BCUT2D eigenvalue weighted by atomic mass is 19.2. The largest absolute Gasteiger partial charge is 0.389 e. The topological polar surface area (TPSA) is 23.5 Å². The van der Waals surface area contributed by atoms with E-state index in [0.717, 1.165) is 19.4 Å². The first-order valence-corrected chi connectivity index (χ1v) is 9.41. The molecule has 0 spiro atoms. The second-order valence-electron chi connectivity index (χ2n) is 8.02. The monoisotopic (exact) mass is 357 g/mol. The van der Waals surface area contributed by atoms with Crippen LogP contribution in [0.5, 0.6) is 0 Å². The summed E-state index contributed by atoms with van der Waals surface area (Å²) in [6.45, 7) is 2.44. The number of aliphatic hydroxyl groups is 1. The summed E-state index contributed by atoms with van der Waals surface area (Å²) < 4.78 is 28.1. The number of benzene rings is 2. The maximum atomic E-state index is 14.3. The molecule has 2 aromatic rings. The van der Waals surface area contributed by atoms with E-state index >= 15 is 0 Å². The van der Waals surface area contributed by atoms with Crippen LogP contribution in [0, 0.1) is 18.6 Å². The first-order valence-electron chi connectivity index (χ1n) is 9.41. The van der Waals surface area contributed by atoms with E-state index < -0.39 is 17.2 Å². The second kappa shape index (κ2) is 6.75. The van der Waals surface area contributed by atoms with Crippen molar-refractivity contribution < 1.29 is 13.9 Å². The molecule has 2 aliphatic heterocycles. The Morgan fingerprint density at radius 2 is 1.65 bits per heavy atom. The maximum absolute atomic E-state index is 14.3. The molecular weight excluding hydrogens is 332 g/mol. The van der Waals surface area contributed by atoms with Crippen LogP contribution < -0.4 is 0 Å². The summed E-state index contributed by atoms with van der Waals surface area (Å²) in [6, 6.07) is 14.2. The second-order valence-corrected chi connectivity index (χ2v) is 8.02. The van der Waals surface area contributed by atoms with Crippen molar-refractivity contribution in [2.45, 2.75) is 63.3 Å². The summed E-state index contributed by atoms with van der Waals surface area (Å²) in [5.41, 5.74) is 0.908. The average molecular weight is 357 g/mol. The van der Waals surface area contributed by atoms with Gasteiger partial charge >= 0.3 is 0 Å². The molecular formula is C22H25F2NO. The predicted octanol–water partition coefficient (Wildman–Crippen LogP) is 4.37. The first-order chi connectivity index (χ1) is 12.5. The summed E-state index contributed by atoms with van der Waals surface area (Å²) in [5, 5.41) is 11.2. The summed E-state index contributed by atoms with van der Waals surface area (Å²) >= 11 is 0. The zero-order valence-corrected chi connectivity index (χ0v) is 15.1. The Morgan fingerprint density at radius 1 is 1.00 bits per heavy atom.